The van der Waals surface area contributed by atoms with Crippen molar-refractivity contribution < 1.29 is 9.59 Å². The van der Waals surface area contributed by atoms with Crippen LogP contribution in [0.2, 0.25) is 0 Å². The summed E-state index contributed by atoms with van der Waals surface area (Å²) in [5, 5.41) is 3.06. The highest BCUT2D eigenvalue weighted by Crippen LogP contribution is 2.26. The van der Waals surface area contributed by atoms with E-state index in [0.717, 1.165) is 5.69 Å². The minimum Gasteiger partial charge on any atom is -0.352 e. The molecule has 0 spiro atoms. The summed E-state index contributed by atoms with van der Waals surface area (Å²) in [7, 11) is 0. The van der Waals surface area contributed by atoms with Gasteiger partial charge in [0.05, 0.1) is 5.70 Å². The third-order valence-electron chi connectivity index (χ3n) is 3.40. The molecule has 0 bridgehead atoms. The Morgan fingerprint density at radius 3 is 1.95 bits per heavy atom. The van der Waals surface area contributed by atoms with Crippen LogP contribution in [0.1, 0.15) is 27.6 Å². The van der Waals surface area contributed by atoms with Crippen molar-refractivity contribution in [1.82, 2.24) is 0 Å². The van der Waals surface area contributed by atoms with Crippen molar-refractivity contribution >= 4 is 17.3 Å². The molecule has 2 aromatic carbocycles. The Morgan fingerprint density at radius 1 is 0.750 bits per heavy atom. The van der Waals surface area contributed by atoms with Crippen LogP contribution in [-0.2, 0) is 0 Å². The highest BCUT2D eigenvalue weighted by molar-refractivity contribution is 6.27. The second kappa shape index (κ2) is 4.78. The van der Waals surface area contributed by atoms with E-state index in [4.69, 9.17) is 0 Å². The van der Waals surface area contributed by atoms with E-state index < -0.39 is 0 Å². The van der Waals surface area contributed by atoms with E-state index >= 15 is 0 Å². The Bertz CT molecular complexity index is 730. The number of allylic oxidation sites excluding steroid dienone is 2. The lowest BCUT2D eigenvalue weighted by atomic mass is 9.88. The average molecular weight is 263 g/mol. The molecule has 0 amide bonds. The molecule has 0 heterocycles. The Morgan fingerprint density at radius 2 is 1.30 bits per heavy atom. The minimum atomic E-state index is -0.137. The van der Waals surface area contributed by atoms with Crippen molar-refractivity contribution in [3.8, 4) is 0 Å². The SMILES string of the molecule is CC1=C(Nc2ccccc2)C(=O)c2ccccc2C1=O. The topological polar surface area (TPSA) is 46.2 Å². The van der Waals surface area contributed by atoms with E-state index in [1.807, 2.05) is 30.3 Å². The fourth-order valence-corrected chi connectivity index (χ4v) is 2.32. The molecule has 0 aromatic heterocycles. The lowest BCUT2D eigenvalue weighted by Gasteiger charge is -2.20. The number of fused-ring (bicyclic) bond motifs is 1. The minimum absolute atomic E-state index is 0.0985. The molecule has 0 radical (unpaired) electrons. The van der Waals surface area contributed by atoms with Crippen LogP contribution in [0.25, 0.3) is 0 Å². The van der Waals surface area contributed by atoms with Gasteiger partial charge in [-0.2, -0.15) is 0 Å². The summed E-state index contributed by atoms with van der Waals surface area (Å²) >= 11 is 0. The van der Waals surface area contributed by atoms with Gasteiger partial charge >= 0.3 is 0 Å². The maximum Gasteiger partial charge on any atom is 0.210 e. The molecule has 1 N–H and O–H groups in total. The third kappa shape index (κ3) is 1.93. The first-order valence-corrected chi connectivity index (χ1v) is 6.40. The fraction of sp³-hybridized carbons (Fsp3) is 0.0588. The largest absolute Gasteiger partial charge is 0.352 e. The molecule has 2 aromatic rings. The van der Waals surface area contributed by atoms with Crippen LogP contribution in [0.3, 0.4) is 0 Å². The number of carbonyl (C=O) groups excluding carboxylic acids is 2. The molecule has 0 atom stereocenters. The van der Waals surface area contributed by atoms with E-state index in [9.17, 15) is 9.59 Å². The van der Waals surface area contributed by atoms with Crippen LogP contribution in [0, 0.1) is 0 Å². The van der Waals surface area contributed by atoms with Gasteiger partial charge < -0.3 is 5.32 Å². The predicted molar refractivity (Wildman–Crippen MR) is 77.9 cm³/mol. The van der Waals surface area contributed by atoms with Crippen LogP contribution in [-0.4, -0.2) is 11.6 Å². The smallest absolute Gasteiger partial charge is 0.210 e. The van der Waals surface area contributed by atoms with Gasteiger partial charge in [-0.25, -0.2) is 0 Å². The van der Waals surface area contributed by atoms with E-state index in [0.29, 0.717) is 22.4 Å². The van der Waals surface area contributed by atoms with Gasteiger partial charge in [0.25, 0.3) is 0 Å². The number of ketones is 2. The summed E-state index contributed by atoms with van der Waals surface area (Å²) in [6, 6.07) is 16.3. The van der Waals surface area contributed by atoms with Crippen LogP contribution in [0.4, 0.5) is 5.69 Å². The van der Waals surface area contributed by atoms with Gasteiger partial charge in [0.2, 0.25) is 5.78 Å². The maximum absolute atomic E-state index is 12.5. The van der Waals surface area contributed by atoms with Crippen molar-refractivity contribution in [2.24, 2.45) is 0 Å². The Kier molecular flexibility index (Phi) is 2.95. The van der Waals surface area contributed by atoms with E-state index in [1.165, 1.54) is 0 Å². The van der Waals surface area contributed by atoms with Gasteiger partial charge in [-0.3, -0.25) is 9.59 Å². The lowest BCUT2D eigenvalue weighted by Crippen LogP contribution is -2.24. The molecule has 98 valence electrons. The van der Waals surface area contributed by atoms with E-state index in [-0.39, 0.29) is 11.6 Å². The zero-order valence-electron chi connectivity index (χ0n) is 11.0. The highest BCUT2D eigenvalue weighted by Gasteiger charge is 2.29. The van der Waals surface area contributed by atoms with Crippen LogP contribution in [0.15, 0.2) is 65.9 Å². The second-order valence-corrected chi connectivity index (χ2v) is 4.69. The summed E-state index contributed by atoms with van der Waals surface area (Å²) < 4.78 is 0. The highest BCUT2D eigenvalue weighted by atomic mass is 16.1. The standard InChI is InChI=1S/C17H13NO2/c1-11-15(18-12-7-3-2-4-8-12)17(20)14-10-6-5-9-13(14)16(11)19/h2-10,18H,1H3. The normalized spacial score (nSPS) is 14.2. The first kappa shape index (κ1) is 12.4. The Labute approximate surface area is 116 Å². The number of Topliss-reactive ketones (excluding diaryl/α,β-unsaturated/α-hetero) is 2. The summed E-state index contributed by atoms with van der Waals surface area (Å²) in [5.41, 5.74) is 2.55. The first-order chi connectivity index (χ1) is 9.68. The lowest BCUT2D eigenvalue weighted by molar-refractivity contribution is 0.0976. The second-order valence-electron chi connectivity index (χ2n) is 4.69. The maximum atomic E-state index is 12.5. The van der Waals surface area contributed by atoms with Gasteiger partial charge in [0, 0.05) is 22.4 Å². The summed E-state index contributed by atoms with van der Waals surface area (Å²) in [5.74, 6) is -0.236. The number of hydrogen-bond acceptors (Lipinski definition) is 3. The molecule has 0 aliphatic heterocycles. The number of nitrogens with one attached hydrogen (secondary N) is 1. The van der Waals surface area contributed by atoms with E-state index in [1.54, 1.807) is 31.2 Å². The summed E-state index contributed by atoms with van der Waals surface area (Å²) in [4.78, 5) is 24.8. The fourth-order valence-electron chi connectivity index (χ4n) is 2.32. The molecule has 0 saturated carbocycles. The number of carbonyl (C=O) groups is 2. The van der Waals surface area contributed by atoms with Crippen molar-refractivity contribution in [3.05, 3.63) is 77.0 Å². The zero-order valence-corrected chi connectivity index (χ0v) is 11.0. The molecule has 3 rings (SSSR count). The number of anilines is 1. The van der Waals surface area contributed by atoms with Crippen LogP contribution >= 0.6 is 0 Å². The number of benzene rings is 2. The Hall–Kier alpha value is -2.68. The van der Waals surface area contributed by atoms with Gasteiger partial charge in [-0.15, -0.1) is 0 Å². The van der Waals surface area contributed by atoms with Crippen LogP contribution in [0.5, 0.6) is 0 Å². The Balaban J connectivity index is 2.06. The predicted octanol–water partition coefficient (Wildman–Crippen LogP) is 3.45. The van der Waals surface area contributed by atoms with Gasteiger partial charge in [-0.1, -0.05) is 42.5 Å². The molecular formula is C17H13NO2. The number of rotatable bonds is 2. The van der Waals surface area contributed by atoms with Crippen molar-refractivity contribution in [2.75, 3.05) is 5.32 Å². The molecule has 0 saturated heterocycles. The molecular weight excluding hydrogens is 250 g/mol. The van der Waals surface area contributed by atoms with E-state index in [2.05, 4.69) is 5.32 Å². The van der Waals surface area contributed by atoms with Crippen LogP contribution < -0.4 is 5.32 Å². The monoisotopic (exact) mass is 263 g/mol. The molecule has 0 unspecified atom stereocenters. The molecule has 3 heteroatoms. The third-order valence-corrected chi connectivity index (χ3v) is 3.40. The molecule has 3 nitrogen and oxygen atoms in total. The summed E-state index contributed by atoms with van der Waals surface area (Å²) in [6.45, 7) is 1.68. The van der Waals surface area contributed by atoms with Gasteiger partial charge in [-0.05, 0) is 19.1 Å². The van der Waals surface area contributed by atoms with Crippen molar-refractivity contribution in [2.45, 2.75) is 6.92 Å². The zero-order chi connectivity index (χ0) is 14.1. The first-order valence-electron chi connectivity index (χ1n) is 6.40. The van der Waals surface area contributed by atoms with Gasteiger partial charge in [0.15, 0.2) is 5.78 Å². The average Bonchev–Trinajstić information content (AvgIpc) is 2.50. The molecule has 20 heavy (non-hydrogen) atoms. The van der Waals surface area contributed by atoms with Gasteiger partial charge in [0.1, 0.15) is 0 Å². The summed E-state index contributed by atoms with van der Waals surface area (Å²) in [6.07, 6.45) is 0. The number of hydrogen-bond donors (Lipinski definition) is 1. The molecule has 1 aliphatic rings. The number of para-hydroxylation sites is 1. The van der Waals surface area contributed by atoms with Crippen molar-refractivity contribution in [1.29, 1.82) is 0 Å². The molecule has 0 fully saturated rings. The molecule has 1 aliphatic carbocycles. The quantitative estimate of drug-likeness (QED) is 0.902. The van der Waals surface area contributed by atoms with Crippen molar-refractivity contribution in [3.63, 3.8) is 0 Å².